The number of ether oxygens (including phenoxy) is 1. The average Bonchev–Trinajstić information content (AvgIpc) is 2.54. The van der Waals surface area contributed by atoms with Crippen LogP contribution in [0.2, 0.25) is 0 Å². The number of nitro benzene ring substituents is 1. The van der Waals surface area contributed by atoms with Crippen molar-refractivity contribution < 1.29 is 23.8 Å². The molecule has 1 aromatic carbocycles. The van der Waals surface area contributed by atoms with Gasteiger partial charge in [-0.1, -0.05) is 12.1 Å². The standard InChI is InChI=1S/C16H15N3O5/c1-10(11-6-3-4-8-13(11)19(22)23)24-16(21)12-7-5-9-18(2)14(12)15(17)20/h3-10H,1-2H3,(H-,17,20)/p+1. The summed E-state index contributed by atoms with van der Waals surface area (Å²) in [6.07, 6.45) is 0.702. The van der Waals surface area contributed by atoms with Crippen LogP contribution in [0.25, 0.3) is 0 Å². The number of carbonyl (C=O) groups is 2. The number of pyridine rings is 1. The molecule has 0 aliphatic heterocycles. The number of hydrogen-bond donors (Lipinski definition) is 1. The Kier molecular flexibility index (Phi) is 4.88. The molecule has 1 atom stereocenters. The van der Waals surface area contributed by atoms with Crippen molar-refractivity contribution in [3.63, 3.8) is 0 Å². The van der Waals surface area contributed by atoms with Gasteiger partial charge in [-0.05, 0) is 19.1 Å². The number of esters is 1. The Balaban J connectivity index is 2.33. The Morgan fingerprint density at radius 2 is 1.92 bits per heavy atom. The maximum absolute atomic E-state index is 12.4. The highest BCUT2D eigenvalue weighted by molar-refractivity contribution is 6.02. The second-order valence-corrected chi connectivity index (χ2v) is 5.11. The summed E-state index contributed by atoms with van der Waals surface area (Å²) >= 11 is 0. The number of aryl methyl sites for hydroxylation is 1. The molecule has 124 valence electrons. The number of rotatable bonds is 5. The molecule has 1 amide bonds. The molecule has 8 nitrogen and oxygen atoms in total. The highest BCUT2D eigenvalue weighted by Gasteiger charge is 2.28. The number of nitrogens with two attached hydrogens (primary N) is 1. The van der Waals surface area contributed by atoms with E-state index in [1.807, 2.05) is 0 Å². The third kappa shape index (κ3) is 3.37. The second kappa shape index (κ2) is 6.86. The van der Waals surface area contributed by atoms with Crippen molar-refractivity contribution in [2.45, 2.75) is 13.0 Å². The summed E-state index contributed by atoms with van der Waals surface area (Å²) in [5.41, 5.74) is 5.41. The first-order chi connectivity index (χ1) is 11.3. The van der Waals surface area contributed by atoms with Gasteiger partial charge in [0.25, 0.3) is 11.4 Å². The Morgan fingerprint density at radius 3 is 2.54 bits per heavy atom. The Hall–Kier alpha value is -3.29. The summed E-state index contributed by atoms with van der Waals surface area (Å²) in [6.45, 7) is 1.52. The fraction of sp³-hybridized carbons (Fsp3) is 0.188. The maximum atomic E-state index is 12.4. The topological polar surface area (TPSA) is 116 Å². The number of nitrogens with zero attached hydrogens (tertiary/aromatic N) is 2. The van der Waals surface area contributed by atoms with Crippen molar-refractivity contribution in [1.29, 1.82) is 0 Å². The molecule has 0 aliphatic carbocycles. The van der Waals surface area contributed by atoms with E-state index in [2.05, 4.69) is 0 Å². The van der Waals surface area contributed by atoms with Crippen LogP contribution in [0.15, 0.2) is 42.6 Å². The number of hydrogen-bond acceptors (Lipinski definition) is 5. The van der Waals surface area contributed by atoms with Gasteiger partial charge in [0, 0.05) is 12.1 Å². The molecule has 0 radical (unpaired) electrons. The zero-order valence-electron chi connectivity index (χ0n) is 13.1. The minimum absolute atomic E-state index is 0.00191. The lowest BCUT2D eigenvalue weighted by Crippen LogP contribution is -2.40. The van der Waals surface area contributed by atoms with Crippen LogP contribution in [0.3, 0.4) is 0 Å². The van der Waals surface area contributed by atoms with Gasteiger partial charge in [-0.2, -0.15) is 4.57 Å². The zero-order chi connectivity index (χ0) is 17.9. The summed E-state index contributed by atoms with van der Waals surface area (Å²) in [7, 11) is 1.57. The molecular formula is C16H16N3O5+. The highest BCUT2D eigenvalue weighted by atomic mass is 16.6. The van der Waals surface area contributed by atoms with Gasteiger partial charge in [-0.25, -0.2) is 4.79 Å². The summed E-state index contributed by atoms with van der Waals surface area (Å²) in [5.74, 6) is -1.56. The predicted octanol–water partition coefficient (Wildman–Crippen LogP) is 1.44. The Morgan fingerprint density at radius 1 is 1.25 bits per heavy atom. The Labute approximate surface area is 137 Å². The molecular weight excluding hydrogens is 314 g/mol. The average molecular weight is 330 g/mol. The molecule has 0 spiro atoms. The van der Waals surface area contributed by atoms with Gasteiger partial charge in [-0.3, -0.25) is 14.9 Å². The first-order valence-corrected chi connectivity index (χ1v) is 7.05. The molecule has 0 fully saturated rings. The fourth-order valence-electron chi connectivity index (χ4n) is 2.37. The van der Waals surface area contributed by atoms with Gasteiger partial charge in [0.05, 0.1) is 10.5 Å². The largest absolute Gasteiger partial charge is 0.454 e. The molecule has 0 bridgehead atoms. The van der Waals surface area contributed by atoms with Crippen molar-refractivity contribution >= 4 is 17.6 Å². The van der Waals surface area contributed by atoms with E-state index >= 15 is 0 Å². The van der Waals surface area contributed by atoms with Gasteiger partial charge in [-0.15, -0.1) is 0 Å². The molecule has 2 rings (SSSR count). The van der Waals surface area contributed by atoms with Crippen LogP contribution >= 0.6 is 0 Å². The van der Waals surface area contributed by atoms with Crippen LogP contribution in [0, 0.1) is 10.1 Å². The summed E-state index contributed by atoms with van der Waals surface area (Å²) in [6, 6.07) is 8.96. The van der Waals surface area contributed by atoms with E-state index in [4.69, 9.17) is 10.5 Å². The molecule has 1 heterocycles. The van der Waals surface area contributed by atoms with E-state index in [0.29, 0.717) is 0 Å². The zero-order valence-corrected chi connectivity index (χ0v) is 13.1. The summed E-state index contributed by atoms with van der Waals surface area (Å²) in [4.78, 5) is 34.5. The van der Waals surface area contributed by atoms with Gasteiger partial charge >= 0.3 is 11.9 Å². The lowest BCUT2D eigenvalue weighted by atomic mass is 10.1. The Bertz CT molecular complexity index is 819. The fourth-order valence-corrected chi connectivity index (χ4v) is 2.37. The minimum Gasteiger partial charge on any atom is -0.454 e. The molecule has 2 N–H and O–H groups in total. The number of benzene rings is 1. The maximum Gasteiger partial charge on any atom is 0.345 e. The van der Waals surface area contributed by atoms with E-state index in [1.54, 1.807) is 25.4 Å². The van der Waals surface area contributed by atoms with E-state index < -0.39 is 22.9 Å². The molecule has 1 aromatic heterocycles. The normalized spacial score (nSPS) is 11.6. The smallest absolute Gasteiger partial charge is 0.345 e. The monoisotopic (exact) mass is 330 g/mol. The van der Waals surface area contributed by atoms with Crippen LogP contribution in [-0.4, -0.2) is 16.8 Å². The molecule has 1 unspecified atom stereocenters. The van der Waals surface area contributed by atoms with Crippen LogP contribution < -0.4 is 10.3 Å². The van der Waals surface area contributed by atoms with Crippen molar-refractivity contribution in [3.8, 4) is 0 Å². The van der Waals surface area contributed by atoms with Crippen molar-refractivity contribution in [2.75, 3.05) is 0 Å². The number of para-hydroxylation sites is 1. The molecule has 0 saturated carbocycles. The second-order valence-electron chi connectivity index (χ2n) is 5.11. The van der Waals surface area contributed by atoms with Crippen LogP contribution in [0.4, 0.5) is 5.69 Å². The third-order valence-corrected chi connectivity index (χ3v) is 3.49. The number of nitro groups is 1. The van der Waals surface area contributed by atoms with Crippen LogP contribution in [0.5, 0.6) is 0 Å². The first-order valence-electron chi connectivity index (χ1n) is 7.05. The van der Waals surface area contributed by atoms with Crippen LogP contribution in [0.1, 0.15) is 39.4 Å². The molecule has 0 aliphatic rings. The highest BCUT2D eigenvalue weighted by Crippen LogP contribution is 2.27. The number of primary amides is 1. The van der Waals surface area contributed by atoms with E-state index in [9.17, 15) is 19.7 Å². The number of aromatic nitrogens is 1. The van der Waals surface area contributed by atoms with Crippen molar-refractivity contribution in [2.24, 2.45) is 12.8 Å². The van der Waals surface area contributed by atoms with E-state index in [-0.39, 0.29) is 22.5 Å². The molecule has 2 aromatic rings. The number of carbonyl (C=O) groups excluding carboxylic acids is 2. The van der Waals surface area contributed by atoms with E-state index in [1.165, 1.54) is 35.8 Å². The molecule has 8 heteroatoms. The van der Waals surface area contributed by atoms with Gasteiger partial charge in [0.2, 0.25) is 0 Å². The molecule has 24 heavy (non-hydrogen) atoms. The van der Waals surface area contributed by atoms with Crippen LogP contribution in [-0.2, 0) is 11.8 Å². The third-order valence-electron chi connectivity index (χ3n) is 3.49. The minimum atomic E-state index is -0.870. The summed E-state index contributed by atoms with van der Waals surface area (Å²) < 4.78 is 6.71. The van der Waals surface area contributed by atoms with Gasteiger partial charge in [0.15, 0.2) is 6.20 Å². The van der Waals surface area contributed by atoms with Gasteiger partial charge < -0.3 is 10.5 Å². The quantitative estimate of drug-likeness (QED) is 0.385. The van der Waals surface area contributed by atoms with E-state index in [0.717, 1.165) is 0 Å². The van der Waals surface area contributed by atoms with Crippen molar-refractivity contribution in [3.05, 3.63) is 69.5 Å². The lowest BCUT2D eigenvalue weighted by Gasteiger charge is -2.14. The van der Waals surface area contributed by atoms with Gasteiger partial charge in [0.1, 0.15) is 18.7 Å². The molecule has 0 saturated heterocycles. The predicted molar refractivity (Wildman–Crippen MR) is 83.1 cm³/mol. The summed E-state index contributed by atoms with van der Waals surface area (Å²) in [5, 5.41) is 11.1. The van der Waals surface area contributed by atoms with Crippen molar-refractivity contribution in [1.82, 2.24) is 0 Å². The number of amides is 1. The first kappa shape index (κ1) is 17.1. The lowest BCUT2D eigenvalue weighted by molar-refractivity contribution is -0.673. The SMILES string of the molecule is CC(OC(=O)c1ccc[n+](C)c1C(N)=O)c1ccccc1[N+](=O)[O-].